The Bertz CT molecular complexity index is 684. The fourth-order valence-electron chi connectivity index (χ4n) is 1.38. The maximum absolute atomic E-state index is 12.2. The molecule has 0 radical (unpaired) electrons. The van der Waals surface area contributed by atoms with Crippen LogP contribution in [0.3, 0.4) is 0 Å². The van der Waals surface area contributed by atoms with Gasteiger partial charge in [-0.25, -0.2) is 8.42 Å². The molecule has 0 fully saturated rings. The van der Waals surface area contributed by atoms with Crippen LogP contribution in [0.15, 0.2) is 35.4 Å². The summed E-state index contributed by atoms with van der Waals surface area (Å²) in [4.78, 5) is -0.254. The molecule has 1 heterocycles. The molecule has 1 aromatic heterocycles. The van der Waals surface area contributed by atoms with Gasteiger partial charge in [0.2, 0.25) is 0 Å². The van der Waals surface area contributed by atoms with Crippen LogP contribution in [0, 0.1) is 0 Å². The number of nitrogens with one attached hydrogen (secondary N) is 1. The zero-order valence-corrected chi connectivity index (χ0v) is 11.7. The van der Waals surface area contributed by atoms with E-state index in [1.807, 2.05) is 0 Å². The summed E-state index contributed by atoms with van der Waals surface area (Å²) >= 11 is 11.7. The number of halogens is 2. The van der Waals surface area contributed by atoms with Gasteiger partial charge in [0.1, 0.15) is 4.90 Å². The molecule has 0 saturated heterocycles. The highest BCUT2D eigenvalue weighted by molar-refractivity contribution is 7.93. The minimum atomic E-state index is -3.96. The monoisotopic (exact) mass is 318 g/mol. The number of aromatic nitrogens is 2. The Kier molecular flexibility index (Phi) is 3.79. The topological polar surface area (TPSA) is 98.0 Å². The lowest BCUT2D eigenvalue weighted by molar-refractivity contribution is 0.601. The Morgan fingerprint density at radius 3 is 2.37 bits per heavy atom. The lowest BCUT2D eigenvalue weighted by Crippen LogP contribution is -2.15. The molecule has 2 rings (SSSR count). The maximum atomic E-state index is 12.2. The van der Waals surface area contributed by atoms with Crippen molar-refractivity contribution < 1.29 is 8.42 Å². The standard InChI is InChI=1S/C10H8Cl2N4O2S/c11-7-4-6(13)5-8(12)10(7)19(17,18)16-9-2-1-3-14-15-9/h1-5H,13H2,(H,15,16). The van der Waals surface area contributed by atoms with Crippen LogP contribution in [0.5, 0.6) is 0 Å². The predicted molar refractivity (Wildman–Crippen MR) is 73.7 cm³/mol. The van der Waals surface area contributed by atoms with Crippen molar-refractivity contribution in [2.45, 2.75) is 4.90 Å². The van der Waals surface area contributed by atoms with Crippen LogP contribution in [0.1, 0.15) is 0 Å². The van der Waals surface area contributed by atoms with Crippen LogP contribution in [0.2, 0.25) is 10.0 Å². The van der Waals surface area contributed by atoms with Crippen molar-refractivity contribution in [1.29, 1.82) is 0 Å². The molecule has 0 spiro atoms. The summed E-state index contributed by atoms with van der Waals surface area (Å²) in [6.07, 6.45) is 1.42. The summed E-state index contributed by atoms with van der Waals surface area (Å²) in [6.45, 7) is 0. The zero-order chi connectivity index (χ0) is 14.0. The number of nitrogens with two attached hydrogens (primary N) is 1. The fourth-order valence-corrected chi connectivity index (χ4v) is 3.61. The van der Waals surface area contributed by atoms with Gasteiger partial charge in [-0.2, -0.15) is 5.10 Å². The van der Waals surface area contributed by atoms with Crippen molar-refractivity contribution in [3.63, 3.8) is 0 Å². The van der Waals surface area contributed by atoms with Crippen LogP contribution >= 0.6 is 23.2 Å². The molecule has 9 heteroatoms. The summed E-state index contributed by atoms with van der Waals surface area (Å²) in [5.41, 5.74) is 5.79. The first-order valence-corrected chi connectivity index (χ1v) is 7.19. The Morgan fingerprint density at radius 2 is 1.84 bits per heavy atom. The molecule has 100 valence electrons. The molecule has 0 atom stereocenters. The van der Waals surface area contributed by atoms with Gasteiger partial charge in [-0.15, -0.1) is 5.10 Å². The second-order valence-corrected chi connectivity index (χ2v) is 5.96. The van der Waals surface area contributed by atoms with Gasteiger partial charge in [0, 0.05) is 11.9 Å². The van der Waals surface area contributed by atoms with Gasteiger partial charge in [-0.05, 0) is 24.3 Å². The highest BCUT2D eigenvalue weighted by Crippen LogP contribution is 2.32. The lowest BCUT2D eigenvalue weighted by atomic mass is 10.3. The van der Waals surface area contributed by atoms with Gasteiger partial charge in [-0.3, -0.25) is 4.72 Å². The molecule has 0 aliphatic carbocycles. The molecule has 0 saturated carbocycles. The summed E-state index contributed by atoms with van der Waals surface area (Å²) < 4.78 is 26.6. The van der Waals surface area contributed by atoms with Crippen LogP contribution in [0.25, 0.3) is 0 Å². The normalized spacial score (nSPS) is 11.3. The molecule has 0 aliphatic heterocycles. The minimum Gasteiger partial charge on any atom is -0.399 e. The second-order valence-electron chi connectivity index (χ2n) is 3.53. The maximum Gasteiger partial charge on any atom is 0.266 e. The van der Waals surface area contributed by atoms with E-state index in [1.165, 1.54) is 30.5 Å². The number of rotatable bonds is 3. The largest absolute Gasteiger partial charge is 0.399 e. The summed E-state index contributed by atoms with van der Waals surface area (Å²) in [5.74, 6) is 0.0615. The van der Waals surface area contributed by atoms with Crippen LogP contribution in [-0.2, 0) is 10.0 Å². The summed E-state index contributed by atoms with van der Waals surface area (Å²) in [7, 11) is -3.96. The van der Waals surface area contributed by atoms with E-state index >= 15 is 0 Å². The van der Waals surface area contributed by atoms with Crippen LogP contribution in [0.4, 0.5) is 11.5 Å². The summed E-state index contributed by atoms with van der Waals surface area (Å²) in [5, 5.41) is 7.04. The minimum absolute atomic E-state index is 0.0615. The van der Waals surface area contributed by atoms with E-state index in [1.54, 1.807) is 0 Å². The molecule has 0 unspecified atom stereocenters. The number of hydrogen-bond donors (Lipinski definition) is 2. The molecular weight excluding hydrogens is 311 g/mol. The van der Waals surface area contributed by atoms with E-state index in [0.29, 0.717) is 0 Å². The van der Waals surface area contributed by atoms with Crippen molar-refractivity contribution in [3.05, 3.63) is 40.5 Å². The molecule has 19 heavy (non-hydrogen) atoms. The molecule has 1 aromatic carbocycles. The van der Waals surface area contributed by atoms with Crippen molar-refractivity contribution >= 4 is 44.7 Å². The van der Waals surface area contributed by atoms with Gasteiger partial charge >= 0.3 is 0 Å². The summed E-state index contributed by atoms with van der Waals surface area (Å²) in [6, 6.07) is 5.60. The highest BCUT2D eigenvalue weighted by atomic mass is 35.5. The predicted octanol–water partition coefficient (Wildman–Crippen LogP) is 2.17. The quantitative estimate of drug-likeness (QED) is 0.845. The zero-order valence-electron chi connectivity index (χ0n) is 9.34. The number of nitrogen functional groups attached to an aromatic ring is 1. The first kappa shape index (κ1) is 13.9. The van der Waals surface area contributed by atoms with Crippen molar-refractivity contribution in [2.75, 3.05) is 10.5 Å². The van der Waals surface area contributed by atoms with Gasteiger partial charge < -0.3 is 5.73 Å². The highest BCUT2D eigenvalue weighted by Gasteiger charge is 2.23. The molecule has 0 bridgehead atoms. The average Bonchev–Trinajstić information content (AvgIpc) is 2.27. The van der Waals surface area contributed by atoms with Crippen LogP contribution in [-0.4, -0.2) is 18.6 Å². The SMILES string of the molecule is Nc1cc(Cl)c(S(=O)(=O)Nc2cccnn2)c(Cl)c1. The number of nitrogens with zero attached hydrogens (tertiary/aromatic N) is 2. The Balaban J connectivity index is 2.46. The van der Waals surface area contributed by atoms with Gasteiger partial charge in [0.25, 0.3) is 10.0 Å². The van der Waals surface area contributed by atoms with Gasteiger partial charge in [0.05, 0.1) is 10.0 Å². The van der Waals surface area contributed by atoms with Gasteiger partial charge in [0.15, 0.2) is 5.82 Å². The van der Waals surface area contributed by atoms with Gasteiger partial charge in [-0.1, -0.05) is 23.2 Å². The van der Waals surface area contributed by atoms with E-state index in [9.17, 15) is 8.42 Å². The molecule has 2 aromatic rings. The van der Waals surface area contributed by atoms with Crippen molar-refractivity contribution in [3.8, 4) is 0 Å². The molecule has 3 N–H and O–H groups in total. The van der Waals surface area contributed by atoms with E-state index in [4.69, 9.17) is 28.9 Å². The van der Waals surface area contributed by atoms with Crippen LogP contribution < -0.4 is 10.5 Å². The number of hydrogen-bond acceptors (Lipinski definition) is 5. The smallest absolute Gasteiger partial charge is 0.266 e. The first-order chi connectivity index (χ1) is 8.90. The number of anilines is 2. The Morgan fingerprint density at radius 1 is 1.21 bits per heavy atom. The molecular formula is C10H8Cl2N4O2S. The third-order valence-corrected chi connectivity index (χ3v) is 4.38. The number of sulfonamides is 1. The Hall–Kier alpha value is -1.57. The first-order valence-electron chi connectivity index (χ1n) is 4.95. The van der Waals surface area contributed by atoms with E-state index in [0.717, 1.165) is 0 Å². The third-order valence-electron chi connectivity index (χ3n) is 2.10. The van der Waals surface area contributed by atoms with E-state index in [2.05, 4.69) is 14.9 Å². The molecule has 6 nitrogen and oxygen atoms in total. The average molecular weight is 319 g/mol. The molecule has 0 aliphatic rings. The Labute approximate surface area is 119 Å². The second kappa shape index (κ2) is 5.20. The molecule has 0 amide bonds. The van der Waals surface area contributed by atoms with Crippen molar-refractivity contribution in [1.82, 2.24) is 10.2 Å². The van der Waals surface area contributed by atoms with Crippen molar-refractivity contribution in [2.24, 2.45) is 0 Å². The number of benzene rings is 1. The van der Waals surface area contributed by atoms with E-state index < -0.39 is 10.0 Å². The van der Waals surface area contributed by atoms with E-state index in [-0.39, 0.29) is 26.4 Å². The fraction of sp³-hybridized carbons (Fsp3) is 0. The lowest BCUT2D eigenvalue weighted by Gasteiger charge is -2.10. The third kappa shape index (κ3) is 3.06.